The predicted molar refractivity (Wildman–Crippen MR) is 63.3 cm³/mol. The van der Waals surface area contributed by atoms with Gasteiger partial charge in [0.25, 0.3) is 0 Å². The molecule has 2 rings (SSSR count). The molecule has 0 aliphatic heterocycles. The largest absolute Gasteiger partial charge is 0.326 e. The molecule has 0 saturated carbocycles. The van der Waals surface area contributed by atoms with E-state index in [0.29, 0.717) is 4.88 Å². The first-order valence-electron chi connectivity index (χ1n) is 4.54. The summed E-state index contributed by atoms with van der Waals surface area (Å²) in [6.45, 7) is -0.346. The summed E-state index contributed by atoms with van der Waals surface area (Å²) in [5.41, 5.74) is 0. The highest BCUT2D eigenvalue weighted by atomic mass is 32.1. The molecule has 1 N–H and O–H groups in total. The van der Waals surface area contributed by atoms with Crippen molar-refractivity contribution in [2.75, 3.05) is 6.61 Å². The molecule has 2 aromatic rings. The molecule has 0 spiro atoms. The third-order valence-corrected chi connectivity index (χ3v) is 3.58. The summed E-state index contributed by atoms with van der Waals surface area (Å²) in [5.74, 6) is -0.270. The Morgan fingerprint density at radius 3 is 2.88 bits per heavy atom. The van der Waals surface area contributed by atoms with Crippen molar-refractivity contribution in [1.29, 1.82) is 0 Å². The third kappa shape index (κ3) is 2.57. The van der Waals surface area contributed by atoms with Gasteiger partial charge in [0.1, 0.15) is 6.61 Å². The number of benzene rings is 1. The summed E-state index contributed by atoms with van der Waals surface area (Å²) in [7, 11) is -3.03. The SMILES string of the molecule is O=C(CO[PH](=O)O)c1cc2ccccc2s1. The minimum absolute atomic E-state index is 0.270. The molecule has 0 aliphatic rings. The van der Waals surface area contributed by atoms with Crippen LogP contribution >= 0.6 is 19.6 Å². The fourth-order valence-electron chi connectivity index (χ4n) is 1.32. The van der Waals surface area contributed by atoms with Crippen molar-refractivity contribution < 1.29 is 18.8 Å². The van der Waals surface area contributed by atoms with Crippen LogP contribution in [0.2, 0.25) is 0 Å². The molecule has 1 aromatic carbocycles. The Bertz CT molecular complexity index is 515. The van der Waals surface area contributed by atoms with Crippen molar-refractivity contribution in [3.8, 4) is 0 Å². The molecule has 16 heavy (non-hydrogen) atoms. The van der Waals surface area contributed by atoms with Crippen LogP contribution in [0, 0.1) is 0 Å². The molecular formula is C10H9O4PS. The average Bonchev–Trinajstić information content (AvgIpc) is 2.69. The van der Waals surface area contributed by atoms with Crippen molar-refractivity contribution in [3.05, 3.63) is 35.2 Å². The zero-order valence-electron chi connectivity index (χ0n) is 8.17. The van der Waals surface area contributed by atoms with E-state index >= 15 is 0 Å². The van der Waals surface area contributed by atoms with E-state index in [2.05, 4.69) is 4.52 Å². The van der Waals surface area contributed by atoms with E-state index in [1.807, 2.05) is 24.3 Å². The molecule has 0 aliphatic carbocycles. The first-order chi connectivity index (χ1) is 7.66. The number of fused-ring (bicyclic) bond motifs is 1. The van der Waals surface area contributed by atoms with Crippen molar-refractivity contribution in [1.82, 2.24) is 0 Å². The Balaban J connectivity index is 2.20. The second-order valence-corrected chi connectivity index (χ2v) is 5.03. The molecule has 1 aromatic heterocycles. The Morgan fingerprint density at radius 1 is 1.44 bits per heavy atom. The van der Waals surface area contributed by atoms with E-state index in [1.165, 1.54) is 11.3 Å². The van der Waals surface area contributed by atoms with Crippen molar-refractivity contribution >= 4 is 35.5 Å². The number of ketones is 1. The summed E-state index contributed by atoms with van der Waals surface area (Å²) >= 11 is 1.36. The lowest BCUT2D eigenvalue weighted by Gasteiger charge is -1.95. The fourth-order valence-corrected chi connectivity index (χ4v) is 2.56. The van der Waals surface area contributed by atoms with Crippen LogP contribution in [0.25, 0.3) is 10.1 Å². The standard InChI is InChI=1S/C10H9O4PS/c11-8(6-14-15(12)13)10-5-7-3-1-2-4-9(7)16-10/h1-5,15H,6H2,(H,12,13). The van der Waals surface area contributed by atoms with Crippen LogP contribution in [0.3, 0.4) is 0 Å². The van der Waals surface area contributed by atoms with E-state index in [0.717, 1.165) is 10.1 Å². The van der Waals surface area contributed by atoms with Gasteiger partial charge in [0.05, 0.1) is 4.88 Å². The molecule has 1 unspecified atom stereocenters. The highest BCUT2D eigenvalue weighted by Crippen LogP contribution is 2.26. The van der Waals surface area contributed by atoms with Gasteiger partial charge in [0, 0.05) is 4.70 Å². The summed E-state index contributed by atoms with van der Waals surface area (Å²) in [6.07, 6.45) is 0. The van der Waals surface area contributed by atoms with Crippen molar-refractivity contribution in [2.45, 2.75) is 0 Å². The fraction of sp³-hybridized carbons (Fsp3) is 0.100. The summed E-state index contributed by atoms with van der Waals surface area (Å²) in [5, 5.41) is 0.993. The minimum atomic E-state index is -3.03. The highest BCUT2D eigenvalue weighted by molar-refractivity contribution is 7.32. The van der Waals surface area contributed by atoms with Crippen LogP contribution in [0.4, 0.5) is 0 Å². The Hall–Kier alpha value is -1.00. The summed E-state index contributed by atoms with van der Waals surface area (Å²) in [4.78, 5) is 20.6. The van der Waals surface area contributed by atoms with E-state index in [9.17, 15) is 9.36 Å². The molecule has 4 nitrogen and oxygen atoms in total. The molecule has 0 fully saturated rings. The van der Waals surface area contributed by atoms with E-state index in [-0.39, 0.29) is 12.4 Å². The Morgan fingerprint density at radius 2 is 2.19 bits per heavy atom. The number of hydrogen-bond donors (Lipinski definition) is 1. The first-order valence-corrected chi connectivity index (χ1v) is 6.62. The van der Waals surface area contributed by atoms with Crippen molar-refractivity contribution in [3.63, 3.8) is 0 Å². The smallest absolute Gasteiger partial charge is 0.317 e. The molecule has 6 heteroatoms. The second kappa shape index (κ2) is 4.89. The molecule has 1 heterocycles. The molecular weight excluding hydrogens is 247 g/mol. The molecule has 0 radical (unpaired) electrons. The topological polar surface area (TPSA) is 63.6 Å². The lowest BCUT2D eigenvalue weighted by molar-refractivity contribution is 0.0921. The third-order valence-electron chi connectivity index (χ3n) is 2.03. The first kappa shape index (κ1) is 11.5. The van der Waals surface area contributed by atoms with Crippen LogP contribution in [0.1, 0.15) is 9.67 Å². The Labute approximate surface area is 96.4 Å². The van der Waals surface area contributed by atoms with Crippen LogP contribution in [-0.4, -0.2) is 17.3 Å². The highest BCUT2D eigenvalue weighted by Gasteiger charge is 2.10. The van der Waals surface area contributed by atoms with Crippen LogP contribution < -0.4 is 0 Å². The maximum absolute atomic E-state index is 11.6. The van der Waals surface area contributed by atoms with E-state index in [1.54, 1.807) is 6.07 Å². The lowest BCUT2D eigenvalue weighted by atomic mass is 10.2. The normalized spacial score (nSPS) is 12.8. The zero-order valence-corrected chi connectivity index (χ0v) is 9.99. The molecule has 0 bridgehead atoms. The number of rotatable bonds is 4. The number of carbonyl (C=O) groups excluding carboxylic acids is 1. The molecule has 0 amide bonds. The quantitative estimate of drug-likeness (QED) is 0.674. The minimum Gasteiger partial charge on any atom is -0.326 e. The van der Waals surface area contributed by atoms with Gasteiger partial charge in [-0.3, -0.25) is 9.36 Å². The lowest BCUT2D eigenvalue weighted by Crippen LogP contribution is -2.03. The number of thiophene rings is 1. The predicted octanol–water partition coefficient (Wildman–Crippen LogP) is 2.48. The molecule has 1 atom stereocenters. The van der Waals surface area contributed by atoms with Gasteiger partial charge in [-0.1, -0.05) is 18.2 Å². The van der Waals surface area contributed by atoms with Crippen LogP contribution in [0.5, 0.6) is 0 Å². The van der Waals surface area contributed by atoms with Gasteiger partial charge < -0.3 is 9.42 Å². The second-order valence-electron chi connectivity index (χ2n) is 3.13. The van der Waals surface area contributed by atoms with Gasteiger partial charge in [-0.15, -0.1) is 11.3 Å². The number of carbonyl (C=O) groups is 1. The summed E-state index contributed by atoms with van der Waals surface area (Å²) in [6, 6.07) is 9.40. The number of hydrogen-bond acceptors (Lipinski definition) is 4. The average molecular weight is 256 g/mol. The maximum Gasteiger partial charge on any atom is 0.317 e. The van der Waals surface area contributed by atoms with Crippen molar-refractivity contribution in [2.24, 2.45) is 0 Å². The maximum atomic E-state index is 11.6. The zero-order chi connectivity index (χ0) is 11.5. The molecule has 0 saturated heterocycles. The molecule has 84 valence electrons. The van der Waals surface area contributed by atoms with Gasteiger partial charge >= 0.3 is 8.25 Å². The number of Topliss-reactive ketones (excluding diaryl/α,β-unsaturated/α-hetero) is 1. The van der Waals surface area contributed by atoms with Gasteiger partial charge in [-0.25, -0.2) is 0 Å². The van der Waals surface area contributed by atoms with Gasteiger partial charge in [-0.05, 0) is 17.5 Å². The van der Waals surface area contributed by atoms with Crippen LogP contribution in [-0.2, 0) is 9.09 Å². The van der Waals surface area contributed by atoms with Gasteiger partial charge in [-0.2, -0.15) is 0 Å². The Kier molecular flexibility index (Phi) is 3.51. The van der Waals surface area contributed by atoms with Crippen LogP contribution in [0.15, 0.2) is 30.3 Å². The van der Waals surface area contributed by atoms with Gasteiger partial charge in [0.15, 0.2) is 5.78 Å². The van der Waals surface area contributed by atoms with E-state index < -0.39 is 8.25 Å². The monoisotopic (exact) mass is 256 g/mol. The van der Waals surface area contributed by atoms with Gasteiger partial charge in [0.2, 0.25) is 0 Å². The van der Waals surface area contributed by atoms with E-state index in [4.69, 9.17) is 4.89 Å². The summed E-state index contributed by atoms with van der Waals surface area (Å²) < 4.78 is 15.8.